The minimum atomic E-state index is -0.427. The number of rotatable bonds is 7. The Kier molecular flexibility index (Phi) is 9.32. The standard InChI is InChI=1S/C55H42N4S/c1-4-15-37(16-5-1)31-32-56-36-38-17-14-22-41(33-38)42-27-29-50-48(34-42)55(46-25-12-10-23-44(46)45-24-11-13-26-47(45)55)49-35-43(28-30-51(49)60-50)54-58-52(39-18-6-2-7-19-39)57-53(59-54)40-20-8-3-9-21-40/h1-21,23-36,41,49,51-52H,22H2,(H,57,58,59)/b32-31-,56-36+. The maximum Gasteiger partial charge on any atom is 0.159 e. The summed E-state index contributed by atoms with van der Waals surface area (Å²) in [6.07, 6.45) is 20.6. The summed E-state index contributed by atoms with van der Waals surface area (Å²) < 4.78 is 0. The van der Waals surface area contributed by atoms with E-state index in [-0.39, 0.29) is 23.3 Å². The van der Waals surface area contributed by atoms with Gasteiger partial charge in [-0.1, -0.05) is 188 Å². The lowest BCUT2D eigenvalue weighted by Gasteiger charge is -2.48. The Labute approximate surface area is 356 Å². The van der Waals surface area contributed by atoms with Gasteiger partial charge in [-0.05, 0) is 68.6 Å². The highest BCUT2D eigenvalue weighted by atomic mass is 32.2. The van der Waals surface area contributed by atoms with Crippen molar-refractivity contribution in [1.82, 2.24) is 5.32 Å². The second-order valence-electron chi connectivity index (χ2n) is 15.9. The van der Waals surface area contributed by atoms with Gasteiger partial charge in [0.2, 0.25) is 0 Å². The zero-order valence-electron chi connectivity index (χ0n) is 33.0. The van der Waals surface area contributed by atoms with Gasteiger partial charge in [0, 0.05) is 45.5 Å². The van der Waals surface area contributed by atoms with Crippen molar-refractivity contribution < 1.29 is 0 Å². The molecule has 6 aromatic carbocycles. The van der Waals surface area contributed by atoms with Gasteiger partial charge >= 0.3 is 0 Å². The first kappa shape index (κ1) is 36.3. The molecule has 4 nitrogen and oxygen atoms in total. The molecular formula is C55H42N4S. The van der Waals surface area contributed by atoms with E-state index in [2.05, 4.69) is 180 Å². The molecule has 0 fully saturated rings. The van der Waals surface area contributed by atoms with Gasteiger partial charge < -0.3 is 5.32 Å². The zero-order valence-corrected chi connectivity index (χ0v) is 33.8. The third kappa shape index (κ3) is 6.38. The normalized spacial score (nSPS) is 21.9. The number of hydrogen-bond donors (Lipinski definition) is 1. The van der Waals surface area contributed by atoms with E-state index >= 15 is 0 Å². The Hall–Kier alpha value is -6.82. The summed E-state index contributed by atoms with van der Waals surface area (Å²) in [5.74, 6) is 1.91. The molecule has 3 aliphatic carbocycles. The van der Waals surface area contributed by atoms with Crippen molar-refractivity contribution in [3.63, 3.8) is 0 Å². The lowest BCUT2D eigenvalue weighted by molar-refractivity contribution is 0.448. The second kappa shape index (κ2) is 15.4. The number of benzene rings is 6. The molecule has 5 heteroatoms. The smallest absolute Gasteiger partial charge is 0.159 e. The van der Waals surface area contributed by atoms with Crippen molar-refractivity contribution in [1.29, 1.82) is 0 Å². The third-order valence-corrected chi connectivity index (χ3v) is 13.8. The van der Waals surface area contributed by atoms with Crippen molar-refractivity contribution in [2.75, 3.05) is 0 Å². The van der Waals surface area contributed by atoms with Crippen LogP contribution in [0.3, 0.4) is 0 Å². The Morgan fingerprint density at radius 2 is 1.38 bits per heavy atom. The first-order chi connectivity index (χ1) is 29.7. The highest BCUT2D eigenvalue weighted by Gasteiger charge is 2.55. The fraction of sp³-hybridized carbons (Fsp3) is 0.109. The maximum atomic E-state index is 5.33. The van der Waals surface area contributed by atoms with Crippen LogP contribution >= 0.6 is 11.8 Å². The topological polar surface area (TPSA) is 49.1 Å². The summed E-state index contributed by atoms with van der Waals surface area (Å²) in [6.45, 7) is 0. The Morgan fingerprint density at radius 1 is 0.683 bits per heavy atom. The van der Waals surface area contributed by atoms with Crippen LogP contribution in [0.15, 0.2) is 231 Å². The van der Waals surface area contributed by atoms with Gasteiger partial charge in [0.15, 0.2) is 5.84 Å². The largest absolute Gasteiger partial charge is 0.344 e. The Bertz CT molecular complexity index is 2820. The van der Waals surface area contributed by atoms with E-state index in [1.165, 1.54) is 38.3 Å². The third-order valence-electron chi connectivity index (χ3n) is 12.4. The van der Waals surface area contributed by atoms with E-state index in [9.17, 15) is 0 Å². The monoisotopic (exact) mass is 790 g/mol. The molecular weight excluding hydrogens is 749 g/mol. The van der Waals surface area contributed by atoms with E-state index in [4.69, 9.17) is 9.98 Å². The SMILES string of the molecule is C1=CC(/C=N/C=C\c2ccccc2)=CC(c2ccc3c(c2)C2(c4ccccc4-c4ccccc42)C2C=C(C4=NC(c5ccccc5)NC(c5ccccc5)=N4)C=CC2S3)C1. The first-order valence-corrected chi connectivity index (χ1v) is 21.7. The second-order valence-corrected chi connectivity index (χ2v) is 17.1. The van der Waals surface area contributed by atoms with E-state index in [1.54, 1.807) is 0 Å². The fourth-order valence-corrected chi connectivity index (χ4v) is 11.1. The quantitative estimate of drug-likeness (QED) is 0.164. The molecule has 6 aromatic rings. The van der Waals surface area contributed by atoms with Crippen LogP contribution in [0.5, 0.6) is 0 Å². The predicted octanol–water partition coefficient (Wildman–Crippen LogP) is 12.4. The number of fused-ring (bicyclic) bond motifs is 9. The molecule has 4 atom stereocenters. The van der Waals surface area contributed by atoms with Crippen LogP contribution in [0.1, 0.15) is 57.4 Å². The van der Waals surface area contributed by atoms with Gasteiger partial charge in [-0.2, -0.15) is 0 Å². The Balaban J connectivity index is 1.04. The summed E-state index contributed by atoms with van der Waals surface area (Å²) >= 11 is 1.98. The first-order valence-electron chi connectivity index (χ1n) is 20.8. The van der Waals surface area contributed by atoms with Crippen molar-refractivity contribution in [2.45, 2.75) is 34.1 Å². The molecule has 60 heavy (non-hydrogen) atoms. The van der Waals surface area contributed by atoms with Crippen molar-refractivity contribution in [3.05, 3.63) is 250 Å². The molecule has 1 spiro atoms. The van der Waals surface area contributed by atoms with Crippen LogP contribution < -0.4 is 5.32 Å². The molecule has 0 amide bonds. The lowest BCUT2D eigenvalue weighted by Crippen LogP contribution is -2.44. The number of thioether (sulfide) groups is 1. The van der Waals surface area contributed by atoms with Crippen LogP contribution in [-0.2, 0) is 5.41 Å². The minimum absolute atomic E-state index is 0.0964. The zero-order chi connectivity index (χ0) is 39.9. The predicted molar refractivity (Wildman–Crippen MR) is 250 cm³/mol. The van der Waals surface area contributed by atoms with Crippen LogP contribution in [0.25, 0.3) is 17.2 Å². The molecule has 0 bridgehead atoms. The summed E-state index contributed by atoms with van der Waals surface area (Å²) in [6, 6.07) is 56.7. The maximum absolute atomic E-state index is 5.33. The van der Waals surface area contributed by atoms with E-state index < -0.39 is 5.41 Å². The molecule has 1 N–H and O–H groups in total. The number of aliphatic imine (C=N–C) groups is 3. The molecule has 0 radical (unpaired) electrons. The van der Waals surface area contributed by atoms with E-state index in [0.717, 1.165) is 45.9 Å². The molecule has 288 valence electrons. The molecule has 2 heterocycles. The van der Waals surface area contributed by atoms with Crippen LogP contribution in [0, 0.1) is 5.92 Å². The van der Waals surface area contributed by atoms with Crippen LogP contribution in [0.2, 0.25) is 0 Å². The molecule has 4 unspecified atom stereocenters. The van der Waals surface area contributed by atoms with Crippen molar-refractivity contribution >= 4 is 35.7 Å². The van der Waals surface area contributed by atoms with Gasteiger partial charge in [-0.3, -0.25) is 4.99 Å². The molecule has 0 saturated heterocycles. The van der Waals surface area contributed by atoms with Gasteiger partial charge in [0.25, 0.3) is 0 Å². The summed E-state index contributed by atoms with van der Waals surface area (Å²) in [5, 5.41) is 3.86. The highest BCUT2D eigenvalue weighted by Crippen LogP contribution is 2.64. The average molecular weight is 791 g/mol. The van der Waals surface area contributed by atoms with Crippen molar-refractivity contribution in [2.24, 2.45) is 20.9 Å². The van der Waals surface area contributed by atoms with E-state index in [0.29, 0.717) is 0 Å². The number of allylic oxidation sites excluding steroid dienone is 5. The van der Waals surface area contributed by atoms with Crippen LogP contribution in [0.4, 0.5) is 0 Å². The number of nitrogens with one attached hydrogen (secondary N) is 1. The van der Waals surface area contributed by atoms with Crippen LogP contribution in [-0.4, -0.2) is 23.1 Å². The Morgan fingerprint density at radius 3 is 2.15 bits per heavy atom. The summed E-state index contributed by atoms with van der Waals surface area (Å²) in [5.41, 5.74) is 13.1. The van der Waals surface area contributed by atoms with E-state index in [1.807, 2.05) is 54.5 Å². The van der Waals surface area contributed by atoms with Gasteiger partial charge in [0.1, 0.15) is 12.0 Å². The highest BCUT2D eigenvalue weighted by molar-refractivity contribution is 8.00. The van der Waals surface area contributed by atoms with Gasteiger partial charge in [-0.25, -0.2) is 9.98 Å². The summed E-state index contributed by atoms with van der Waals surface area (Å²) in [4.78, 5) is 16.6. The fourth-order valence-electron chi connectivity index (χ4n) is 9.70. The molecule has 0 saturated carbocycles. The van der Waals surface area contributed by atoms with Gasteiger partial charge in [0.05, 0.1) is 5.41 Å². The molecule has 11 rings (SSSR count). The average Bonchev–Trinajstić information content (AvgIpc) is 3.62. The number of amidine groups is 2. The number of hydrogen-bond acceptors (Lipinski definition) is 5. The number of nitrogens with zero attached hydrogens (tertiary/aromatic N) is 3. The molecule has 2 aliphatic heterocycles. The molecule has 5 aliphatic rings. The van der Waals surface area contributed by atoms with Gasteiger partial charge in [-0.15, -0.1) is 11.8 Å². The molecule has 0 aromatic heterocycles. The van der Waals surface area contributed by atoms with Crippen molar-refractivity contribution in [3.8, 4) is 11.1 Å². The minimum Gasteiger partial charge on any atom is -0.344 e. The lowest BCUT2D eigenvalue weighted by atomic mass is 9.61. The summed E-state index contributed by atoms with van der Waals surface area (Å²) in [7, 11) is 0.